The van der Waals surface area contributed by atoms with E-state index >= 15 is 0 Å². The van der Waals surface area contributed by atoms with Crippen LogP contribution in [0.1, 0.15) is 6.92 Å². The number of esters is 1. The first kappa shape index (κ1) is 7.75. The van der Waals surface area contributed by atoms with Gasteiger partial charge in [0, 0.05) is 0 Å². The van der Waals surface area contributed by atoms with Gasteiger partial charge in [0.2, 0.25) is 5.00 Å². The van der Waals surface area contributed by atoms with Crippen molar-refractivity contribution in [2.75, 3.05) is 7.11 Å². The van der Waals surface area contributed by atoms with Gasteiger partial charge in [0.25, 0.3) is 0 Å². The Balaban J connectivity index is 3.82. The monoisotopic (exact) mass is 138 g/mol. The Morgan fingerprint density at radius 1 is 1.88 bits per heavy atom. The van der Waals surface area contributed by atoms with Crippen LogP contribution in [0.25, 0.3) is 0 Å². The Labute approximate surface area is 52.4 Å². The smallest absolute Gasteiger partial charge is 0.353 e. The van der Waals surface area contributed by atoms with Gasteiger partial charge in [-0.3, -0.25) is 0 Å². The summed E-state index contributed by atoms with van der Waals surface area (Å²) in [5.41, 5.74) is 0. The highest BCUT2D eigenvalue weighted by Crippen LogP contribution is 2.15. The zero-order chi connectivity index (χ0) is 6.78. The molecule has 0 N–H and O–H groups in total. The highest BCUT2D eigenvalue weighted by atomic mass is 32.1. The minimum absolute atomic E-state index is 0.971. The maximum atomic E-state index is 12.2. The number of methoxy groups -OCH3 is 1. The average Bonchev–Trinajstić information content (AvgIpc) is 1.62. The molecule has 0 aromatic rings. The van der Waals surface area contributed by atoms with E-state index < -0.39 is 11.0 Å². The van der Waals surface area contributed by atoms with Crippen molar-refractivity contribution in [2.24, 2.45) is 0 Å². The first-order valence-corrected chi connectivity index (χ1v) is 2.43. The summed E-state index contributed by atoms with van der Waals surface area (Å²) in [7, 11) is 1.11. The molecule has 2 nitrogen and oxygen atoms in total. The standard InChI is InChI=1S/C4H7FO2S/c1-4(5,8)3(6)7-2/h8H,1-2H3. The molecular formula is C4H7FO2S. The van der Waals surface area contributed by atoms with Crippen LogP contribution in [-0.2, 0) is 9.53 Å². The molecule has 0 aromatic heterocycles. The lowest BCUT2D eigenvalue weighted by molar-refractivity contribution is -0.147. The Hall–Kier alpha value is -0.250. The third kappa shape index (κ3) is 2.16. The number of hydrogen-bond acceptors (Lipinski definition) is 3. The summed E-state index contributed by atoms with van der Waals surface area (Å²) in [5, 5.41) is -2.16. The van der Waals surface area contributed by atoms with Crippen LogP contribution in [0.5, 0.6) is 0 Å². The number of rotatable bonds is 1. The summed E-state index contributed by atoms with van der Waals surface area (Å²) in [6.45, 7) is 1.02. The molecule has 0 radical (unpaired) electrons. The molecule has 0 aliphatic carbocycles. The lowest BCUT2D eigenvalue weighted by atomic mass is 10.4. The summed E-state index contributed by atoms with van der Waals surface area (Å²) in [5.74, 6) is -0.971. The lowest BCUT2D eigenvalue weighted by Crippen LogP contribution is -2.24. The van der Waals surface area contributed by atoms with Crippen molar-refractivity contribution in [3.8, 4) is 0 Å². The number of thiol groups is 1. The normalized spacial score (nSPS) is 17.0. The van der Waals surface area contributed by atoms with Crippen molar-refractivity contribution in [1.29, 1.82) is 0 Å². The van der Waals surface area contributed by atoms with E-state index in [1.54, 1.807) is 0 Å². The fraction of sp³-hybridized carbons (Fsp3) is 0.750. The van der Waals surface area contributed by atoms with Gasteiger partial charge in [-0.15, -0.1) is 12.6 Å². The van der Waals surface area contributed by atoms with Crippen molar-refractivity contribution in [1.82, 2.24) is 0 Å². The quantitative estimate of drug-likeness (QED) is 0.428. The molecule has 1 atom stereocenters. The van der Waals surface area contributed by atoms with Gasteiger partial charge in [-0.1, -0.05) is 0 Å². The molecule has 0 spiro atoms. The van der Waals surface area contributed by atoms with Gasteiger partial charge in [0.05, 0.1) is 7.11 Å². The Morgan fingerprint density at radius 2 is 2.25 bits per heavy atom. The molecule has 0 aliphatic heterocycles. The number of alkyl halides is 1. The zero-order valence-corrected chi connectivity index (χ0v) is 5.54. The predicted molar refractivity (Wildman–Crippen MR) is 30.5 cm³/mol. The van der Waals surface area contributed by atoms with E-state index in [1.165, 1.54) is 0 Å². The molecule has 0 rings (SSSR count). The van der Waals surface area contributed by atoms with Gasteiger partial charge < -0.3 is 4.74 Å². The van der Waals surface area contributed by atoms with Crippen molar-refractivity contribution < 1.29 is 13.9 Å². The first-order valence-electron chi connectivity index (χ1n) is 1.98. The van der Waals surface area contributed by atoms with Crippen LogP contribution in [0, 0.1) is 0 Å². The Morgan fingerprint density at radius 3 is 2.25 bits per heavy atom. The summed E-state index contributed by atoms with van der Waals surface area (Å²) < 4.78 is 16.2. The van der Waals surface area contributed by atoms with Crippen LogP contribution in [0.4, 0.5) is 4.39 Å². The van der Waals surface area contributed by atoms with Crippen molar-refractivity contribution >= 4 is 18.6 Å². The molecule has 0 saturated heterocycles. The zero-order valence-electron chi connectivity index (χ0n) is 4.64. The second-order valence-electron chi connectivity index (χ2n) is 1.44. The third-order valence-electron chi connectivity index (χ3n) is 0.558. The minimum Gasteiger partial charge on any atom is -0.466 e. The maximum absolute atomic E-state index is 12.2. The number of ether oxygens (including phenoxy) is 1. The molecule has 0 aromatic carbocycles. The van der Waals surface area contributed by atoms with E-state index in [1.807, 2.05) is 0 Å². The lowest BCUT2D eigenvalue weighted by Gasteiger charge is -2.07. The molecule has 0 fully saturated rings. The number of halogens is 1. The van der Waals surface area contributed by atoms with Crippen LogP contribution in [0.2, 0.25) is 0 Å². The summed E-state index contributed by atoms with van der Waals surface area (Å²) in [6, 6.07) is 0. The summed E-state index contributed by atoms with van der Waals surface area (Å²) in [4.78, 5) is 10.2. The molecule has 0 amide bonds. The van der Waals surface area contributed by atoms with Crippen LogP contribution in [0.3, 0.4) is 0 Å². The van der Waals surface area contributed by atoms with Crippen molar-refractivity contribution in [2.45, 2.75) is 11.9 Å². The molecule has 48 valence electrons. The van der Waals surface area contributed by atoms with E-state index in [-0.39, 0.29) is 0 Å². The van der Waals surface area contributed by atoms with Gasteiger partial charge in [-0.25, -0.2) is 9.18 Å². The van der Waals surface area contributed by atoms with E-state index in [9.17, 15) is 9.18 Å². The van der Waals surface area contributed by atoms with Crippen molar-refractivity contribution in [3.63, 3.8) is 0 Å². The van der Waals surface area contributed by atoms with Crippen LogP contribution in [-0.4, -0.2) is 18.1 Å². The molecule has 0 bridgehead atoms. The molecule has 1 unspecified atom stereocenters. The molecule has 8 heavy (non-hydrogen) atoms. The van der Waals surface area contributed by atoms with Gasteiger partial charge in [-0.2, -0.15) is 0 Å². The largest absolute Gasteiger partial charge is 0.466 e. The van der Waals surface area contributed by atoms with Crippen molar-refractivity contribution in [3.05, 3.63) is 0 Å². The van der Waals surface area contributed by atoms with E-state index in [0.717, 1.165) is 14.0 Å². The third-order valence-corrected chi connectivity index (χ3v) is 0.741. The molecule has 0 aliphatic rings. The summed E-state index contributed by atoms with van der Waals surface area (Å²) in [6.07, 6.45) is 0. The topological polar surface area (TPSA) is 26.3 Å². The Kier molecular flexibility index (Phi) is 2.27. The average molecular weight is 138 g/mol. The number of carbonyl (C=O) groups is 1. The number of hydrogen-bond donors (Lipinski definition) is 1. The summed E-state index contributed by atoms with van der Waals surface area (Å²) >= 11 is 3.29. The van der Waals surface area contributed by atoms with Gasteiger partial charge in [-0.05, 0) is 6.92 Å². The van der Waals surface area contributed by atoms with Gasteiger partial charge in [0.15, 0.2) is 0 Å². The highest BCUT2D eigenvalue weighted by molar-refractivity contribution is 7.82. The van der Waals surface area contributed by atoms with Crippen LogP contribution in [0.15, 0.2) is 0 Å². The fourth-order valence-corrected chi connectivity index (χ4v) is 0.278. The van der Waals surface area contributed by atoms with E-state index in [4.69, 9.17) is 0 Å². The molecule has 0 saturated carbocycles. The highest BCUT2D eigenvalue weighted by Gasteiger charge is 2.28. The van der Waals surface area contributed by atoms with Gasteiger partial charge in [0.1, 0.15) is 0 Å². The molecular weight excluding hydrogens is 131 g/mol. The molecule has 0 heterocycles. The number of carbonyl (C=O) groups excluding carboxylic acids is 1. The maximum Gasteiger partial charge on any atom is 0.353 e. The molecule has 4 heteroatoms. The van der Waals surface area contributed by atoms with Crippen LogP contribution < -0.4 is 0 Å². The second kappa shape index (κ2) is 2.35. The van der Waals surface area contributed by atoms with E-state index in [2.05, 4.69) is 17.4 Å². The van der Waals surface area contributed by atoms with Crippen LogP contribution >= 0.6 is 12.6 Å². The minimum atomic E-state index is -2.16. The fourth-order valence-electron chi connectivity index (χ4n) is 0.186. The second-order valence-corrected chi connectivity index (χ2v) is 2.28. The van der Waals surface area contributed by atoms with Gasteiger partial charge >= 0.3 is 5.97 Å². The predicted octanol–water partition coefficient (Wildman–Crippen LogP) is 0.775. The first-order chi connectivity index (χ1) is 3.48. The Bertz CT molecular complexity index is 96.7. The van der Waals surface area contributed by atoms with E-state index in [0.29, 0.717) is 0 Å². The SMILES string of the molecule is COC(=O)C(C)(F)S.